The maximum atomic E-state index is 13.7. The zero-order valence-electron chi connectivity index (χ0n) is 11.3. The Labute approximate surface area is 129 Å². The summed E-state index contributed by atoms with van der Waals surface area (Å²) in [6.45, 7) is 0. The quantitative estimate of drug-likeness (QED) is 0.762. The highest BCUT2D eigenvalue weighted by Gasteiger charge is 2.19. The van der Waals surface area contributed by atoms with Gasteiger partial charge in [-0.3, -0.25) is 0 Å². The molecule has 2 N–H and O–H groups in total. The van der Waals surface area contributed by atoms with Gasteiger partial charge in [-0.05, 0) is 24.3 Å². The number of rotatable bonds is 3. The Kier molecular flexibility index (Phi) is 3.69. The van der Waals surface area contributed by atoms with Crippen LogP contribution >= 0.6 is 15.9 Å². The summed E-state index contributed by atoms with van der Waals surface area (Å²) in [4.78, 5) is 0. The van der Waals surface area contributed by atoms with Crippen LogP contribution in [0.1, 0.15) is 17.4 Å². The van der Waals surface area contributed by atoms with E-state index in [0.29, 0.717) is 16.9 Å². The van der Waals surface area contributed by atoms with E-state index in [0.717, 1.165) is 10.0 Å². The zero-order chi connectivity index (χ0) is 15.0. The SMILES string of the molecule is COc1cc(Br)ccc1C(N)c1cc2cccc(F)c2o1. The van der Waals surface area contributed by atoms with Gasteiger partial charge in [0.2, 0.25) is 0 Å². The second-order valence-corrected chi connectivity index (χ2v) is 5.59. The molecule has 5 heteroatoms. The number of nitrogens with two attached hydrogens (primary N) is 1. The largest absolute Gasteiger partial charge is 0.496 e. The fourth-order valence-corrected chi connectivity index (χ4v) is 2.64. The van der Waals surface area contributed by atoms with Gasteiger partial charge in [-0.15, -0.1) is 0 Å². The van der Waals surface area contributed by atoms with Gasteiger partial charge in [-0.2, -0.15) is 0 Å². The van der Waals surface area contributed by atoms with E-state index >= 15 is 0 Å². The smallest absolute Gasteiger partial charge is 0.169 e. The highest BCUT2D eigenvalue weighted by atomic mass is 79.9. The Morgan fingerprint density at radius 1 is 1.24 bits per heavy atom. The van der Waals surface area contributed by atoms with Crippen LogP contribution < -0.4 is 10.5 Å². The molecule has 0 aliphatic rings. The molecule has 0 amide bonds. The standard InChI is InChI=1S/C16H13BrFNO2/c1-20-13-8-10(17)5-6-11(13)15(19)14-7-9-3-2-4-12(18)16(9)21-14/h2-8,15H,19H2,1H3. The molecule has 108 valence electrons. The molecule has 0 radical (unpaired) electrons. The summed E-state index contributed by atoms with van der Waals surface area (Å²) in [5.41, 5.74) is 7.24. The third kappa shape index (κ3) is 2.54. The van der Waals surface area contributed by atoms with Crippen molar-refractivity contribution in [3.63, 3.8) is 0 Å². The summed E-state index contributed by atoms with van der Waals surface area (Å²) in [5.74, 6) is 0.752. The normalized spacial score (nSPS) is 12.6. The molecule has 0 aliphatic heterocycles. The summed E-state index contributed by atoms with van der Waals surface area (Å²) >= 11 is 3.39. The minimum atomic E-state index is -0.528. The molecule has 1 unspecified atom stereocenters. The zero-order valence-corrected chi connectivity index (χ0v) is 12.9. The molecule has 0 saturated heterocycles. The molecule has 3 aromatic rings. The Morgan fingerprint density at radius 2 is 2.05 bits per heavy atom. The molecule has 0 saturated carbocycles. The lowest BCUT2D eigenvalue weighted by Crippen LogP contribution is -2.12. The first-order valence-corrected chi connectivity index (χ1v) is 7.16. The maximum absolute atomic E-state index is 13.7. The summed E-state index contributed by atoms with van der Waals surface area (Å²) in [6, 6.07) is 11.6. The highest BCUT2D eigenvalue weighted by molar-refractivity contribution is 9.10. The van der Waals surface area contributed by atoms with E-state index in [1.165, 1.54) is 6.07 Å². The fraction of sp³-hybridized carbons (Fsp3) is 0.125. The Bertz CT molecular complexity index is 800. The van der Waals surface area contributed by atoms with Crippen LogP contribution in [0.25, 0.3) is 11.0 Å². The Balaban J connectivity index is 2.08. The molecular formula is C16H13BrFNO2. The van der Waals surface area contributed by atoms with Crippen LogP contribution in [0.3, 0.4) is 0 Å². The highest BCUT2D eigenvalue weighted by Crippen LogP contribution is 2.33. The number of benzene rings is 2. The van der Waals surface area contributed by atoms with Gasteiger partial charge >= 0.3 is 0 Å². The van der Waals surface area contributed by atoms with Crippen molar-refractivity contribution < 1.29 is 13.5 Å². The summed E-state index contributed by atoms with van der Waals surface area (Å²) in [5, 5.41) is 0.691. The van der Waals surface area contributed by atoms with Crippen molar-refractivity contribution in [1.82, 2.24) is 0 Å². The van der Waals surface area contributed by atoms with E-state index in [9.17, 15) is 4.39 Å². The minimum Gasteiger partial charge on any atom is -0.496 e. The molecule has 3 rings (SSSR count). The van der Waals surface area contributed by atoms with Gasteiger partial charge in [0, 0.05) is 15.4 Å². The van der Waals surface area contributed by atoms with Crippen molar-refractivity contribution in [3.05, 3.63) is 64.1 Å². The van der Waals surface area contributed by atoms with Crippen LogP contribution in [0.5, 0.6) is 5.75 Å². The number of furan rings is 1. The molecule has 21 heavy (non-hydrogen) atoms. The molecule has 1 atom stereocenters. The van der Waals surface area contributed by atoms with Crippen molar-refractivity contribution in [2.24, 2.45) is 5.73 Å². The van der Waals surface area contributed by atoms with Crippen LogP contribution in [0.4, 0.5) is 4.39 Å². The molecule has 0 spiro atoms. The Hall–Kier alpha value is -1.85. The monoisotopic (exact) mass is 349 g/mol. The van der Waals surface area contributed by atoms with Crippen LogP contribution in [0.15, 0.2) is 51.4 Å². The number of methoxy groups -OCH3 is 1. The average Bonchev–Trinajstić information content (AvgIpc) is 2.92. The fourth-order valence-electron chi connectivity index (χ4n) is 2.30. The summed E-state index contributed by atoms with van der Waals surface area (Å²) in [6.07, 6.45) is 0. The molecule has 0 bridgehead atoms. The van der Waals surface area contributed by atoms with Crippen LogP contribution in [-0.4, -0.2) is 7.11 Å². The molecule has 0 aliphatic carbocycles. The van der Waals surface area contributed by atoms with Crippen molar-refractivity contribution in [1.29, 1.82) is 0 Å². The number of para-hydroxylation sites is 1. The lowest BCUT2D eigenvalue weighted by atomic mass is 10.0. The van der Waals surface area contributed by atoms with E-state index in [4.69, 9.17) is 14.9 Å². The first-order chi connectivity index (χ1) is 10.1. The van der Waals surface area contributed by atoms with E-state index in [-0.39, 0.29) is 5.58 Å². The van der Waals surface area contributed by atoms with Crippen molar-refractivity contribution in [2.75, 3.05) is 7.11 Å². The number of halogens is 2. The number of hydrogen-bond acceptors (Lipinski definition) is 3. The van der Waals surface area contributed by atoms with Gasteiger partial charge in [0.15, 0.2) is 11.4 Å². The molecule has 1 heterocycles. The van der Waals surface area contributed by atoms with Crippen molar-refractivity contribution in [3.8, 4) is 5.75 Å². The lowest BCUT2D eigenvalue weighted by Gasteiger charge is -2.14. The molecule has 1 aromatic heterocycles. The maximum Gasteiger partial charge on any atom is 0.169 e. The molecule has 2 aromatic carbocycles. The molecule has 0 fully saturated rings. The third-order valence-electron chi connectivity index (χ3n) is 3.35. The van der Waals surface area contributed by atoms with Gasteiger partial charge in [0.05, 0.1) is 13.2 Å². The number of ether oxygens (including phenoxy) is 1. The van der Waals surface area contributed by atoms with Crippen LogP contribution in [0, 0.1) is 5.82 Å². The number of hydrogen-bond donors (Lipinski definition) is 1. The van der Waals surface area contributed by atoms with Crippen molar-refractivity contribution in [2.45, 2.75) is 6.04 Å². The van der Waals surface area contributed by atoms with Gasteiger partial charge < -0.3 is 14.9 Å². The van der Waals surface area contributed by atoms with Gasteiger partial charge in [-0.1, -0.05) is 34.1 Å². The molecular weight excluding hydrogens is 337 g/mol. The van der Waals surface area contributed by atoms with Crippen LogP contribution in [0.2, 0.25) is 0 Å². The average molecular weight is 350 g/mol. The first-order valence-electron chi connectivity index (χ1n) is 6.37. The van der Waals surface area contributed by atoms with E-state index in [1.807, 2.05) is 18.2 Å². The predicted molar refractivity (Wildman–Crippen MR) is 82.9 cm³/mol. The van der Waals surface area contributed by atoms with Gasteiger partial charge in [0.25, 0.3) is 0 Å². The first kappa shape index (κ1) is 14.1. The van der Waals surface area contributed by atoms with Crippen LogP contribution in [-0.2, 0) is 0 Å². The van der Waals surface area contributed by atoms with Gasteiger partial charge in [-0.25, -0.2) is 4.39 Å². The van der Waals surface area contributed by atoms with Crippen molar-refractivity contribution >= 4 is 26.9 Å². The van der Waals surface area contributed by atoms with E-state index in [1.54, 1.807) is 25.3 Å². The van der Waals surface area contributed by atoms with E-state index < -0.39 is 11.9 Å². The topological polar surface area (TPSA) is 48.4 Å². The third-order valence-corrected chi connectivity index (χ3v) is 3.85. The Morgan fingerprint density at radius 3 is 2.76 bits per heavy atom. The minimum absolute atomic E-state index is 0.221. The van der Waals surface area contributed by atoms with E-state index in [2.05, 4.69) is 15.9 Å². The number of fused-ring (bicyclic) bond motifs is 1. The summed E-state index contributed by atoms with van der Waals surface area (Å²) < 4.78 is 25.5. The second-order valence-electron chi connectivity index (χ2n) is 4.67. The second kappa shape index (κ2) is 5.50. The summed E-state index contributed by atoms with van der Waals surface area (Å²) in [7, 11) is 1.58. The van der Waals surface area contributed by atoms with Gasteiger partial charge in [0.1, 0.15) is 11.5 Å². The molecule has 3 nitrogen and oxygen atoms in total. The lowest BCUT2D eigenvalue weighted by molar-refractivity contribution is 0.403. The predicted octanol–water partition coefficient (Wildman–Crippen LogP) is 4.39.